The first-order chi connectivity index (χ1) is 15.0. The van der Waals surface area contributed by atoms with Crippen LogP contribution in [0.25, 0.3) is 22.5 Å². The van der Waals surface area contributed by atoms with E-state index >= 15 is 0 Å². The Morgan fingerprint density at radius 2 is 1.94 bits per heavy atom. The highest BCUT2D eigenvalue weighted by atomic mass is 16.5. The largest absolute Gasteiger partial charge is 0.440 e. The molecule has 158 valence electrons. The summed E-state index contributed by atoms with van der Waals surface area (Å²) in [7, 11) is 0. The van der Waals surface area contributed by atoms with Gasteiger partial charge in [0.1, 0.15) is 0 Å². The number of rotatable bonds is 7. The molecule has 3 heterocycles. The first-order valence-electron chi connectivity index (χ1n) is 10.3. The molecule has 31 heavy (non-hydrogen) atoms. The summed E-state index contributed by atoms with van der Waals surface area (Å²) in [6.45, 7) is 6.72. The molecular weight excluding hydrogens is 390 g/mol. The highest BCUT2D eigenvalue weighted by molar-refractivity contribution is 5.68. The van der Waals surface area contributed by atoms with Crippen molar-refractivity contribution in [2.24, 2.45) is 0 Å². The first kappa shape index (κ1) is 20.8. The van der Waals surface area contributed by atoms with E-state index in [-0.39, 0.29) is 11.7 Å². The smallest absolute Gasteiger partial charge is 0.255 e. The van der Waals surface area contributed by atoms with Gasteiger partial charge in [-0.3, -0.25) is 9.78 Å². The summed E-state index contributed by atoms with van der Waals surface area (Å²) in [5.74, 6) is 1.25. The summed E-state index contributed by atoms with van der Waals surface area (Å²) < 4.78 is 11.7. The molecule has 0 unspecified atom stereocenters. The van der Waals surface area contributed by atoms with Crippen molar-refractivity contribution < 1.29 is 9.15 Å². The topological polar surface area (TPSA) is 81.0 Å². The standard InChI is InChI=1S/C25H25N3O3/c1-16(2)30-15-18-7-6-17(3)19(9-18)11-24-28-14-23(31-24)21-10-20(12-26-13-21)22-5-4-8-27-25(22)29/h4-10,12-14,16H,11,15H2,1-3H3,(H,27,29). The van der Waals surface area contributed by atoms with Gasteiger partial charge in [-0.2, -0.15) is 0 Å². The average Bonchev–Trinajstić information content (AvgIpc) is 3.23. The lowest BCUT2D eigenvalue weighted by molar-refractivity contribution is 0.0657. The molecule has 0 amide bonds. The molecule has 0 saturated heterocycles. The molecule has 6 nitrogen and oxygen atoms in total. The van der Waals surface area contributed by atoms with Crippen LogP contribution in [0, 0.1) is 6.92 Å². The molecule has 0 fully saturated rings. The first-order valence-corrected chi connectivity index (χ1v) is 10.3. The molecule has 0 aliphatic carbocycles. The van der Waals surface area contributed by atoms with Gasteiger partial charge >= 0.3 is 0 Å². The van der Waals surface area contributed by atoms with Crippen LogP contribution in [-0.4, -0.2) is 21.1 Å². The maximum atomic E-state index is 12.1. The molecule has 1 N–H and O–H groups in total. The van der Waals surface area contributed by atoms with Gasteiger partial charge in [-0.25, -0.2) is 4.98 Å². The second-order valence-electron chi connectivity index (χ2n) is 7.79. The van der Waals surface area contributed by atoms with Crippen molar-refractivity contribution in [3.05, 3.63) is 94.1 Å². The fraction of sp³-hybridized carbons (Fsp3) is 0.240. The lowest BCUT2D eigenvalue weighted by Gasteiger charge is -2.10. The molecule has 1 aromatic carbocycles. The van der Waals surface area contributed by atoms with E-state index < -0.39 is 0 Å². The molecule has 4 aromatic rings. The molecule has 6 heteroatoms. The number of hydrogen-bond acceptors (Lipinski definition) is 5. The van der Waals surface area contributed by atoms with E-state index in [4.69, 9.17) is 9.15 Å². The van der Waals surface area contributed by atoms with Gasteiger partial charge in [0, 0.05) is 41.7 Å². The van der Waals surface area contributed by atoms with Gasteiger partial charge in [0.25, 0.3) is 5.56 Å². The van der Waals surface area contributed by atoms with Crippen LogP contribution in [-0.2, 0) is 17.8 Å². The highest BCUT2D eigenvalue weighted by Crippen LogP contribution is 2.25. The van der Waals surface area contributed by atoms with Crippen molar-refractivity contribution in [3.63, 3.8) is 0 Å². The number of nitrogens with zero attached hydrogens (tertiary/aromatic N) is 2. The van der Waals surface area contributed by atoms with E-state index in [0.29, 0.717) is 30.2 Å². The van der Waals surface area contributed by atoms with Crippen LogP contribution < -0.4 is 5.56 Å². The Balaban J connectivity index is 1.56. The molecular formula is C25H25N3O3. The molecule has 3 aromatic heterocycles. The van der Waals surface area contributed by atoms with Crippen molar-refractivity contribution in [2.45, 2.75) is 39.9 Å². The number of nitrogens with one attached hydrogen (secondary N) is 1. The fourth-order valence-corrected chi connectivity index (χ4v) is 3.33. The normalized spacial score (nSPS) is 11.2. The summed E-state index contributed by atoms with van der Waals surface area (Å²) in [4.78, 5) is 23.5. The lowest BCUT2D eigenvalue weighted by Crippen LogP contribution is -2.07. The third kappa shape index (κ3) is 4.98. The van der Waals surface area contributed by atoms with Crippen LogP contribution in [0.4, 0.5) is 0 Å². The van der Waals surface area contributed by atoms with Crippen LogP contribution in [0.3, 0.4) is 0 Å². The number of H-pyrrole nitrogens is 1. The molecule has 0 saturated carbocycles. The number of aromatic nitrogens is 3. The quantitative estimate of drug-likeness (QED) is 0.463. The zero-order valence-corrected chi connectivity index (χ0v) is 17.9. The summed E-state index contributed by atoms with van der Waals surface area (Å²) in [6, 6.07) is 11.8. The van der Waals surface area contributed by atoms with E-state index in [2.05, 4.69) is 40.1 Å². The van der Waals surface area contributed by atoms with E-state index in [1.807, 2.05) is 19.9 Å². The van der Waals surface area contributed by atoms with Crippen molar-refractivity contribution in [2.75, 3.05) is 0 Å². The lowest BCUT2D eigenvalue weighted by atomic mass is 10.0. The number of hydrogen-bond donors (Lipinski definition) is 1. The summed E-state index contributed by atoms with van der Waals surface area (Å²) in [6.07, 6.45) is 7.46. The van der Waals surface area contributed by atoms with E-state index in [9.17, 15) is 4.79 Å². The molecule has 0 bridgehead atoms. The van der Waals surface area contributed by atoms with Crippen LogP contribution in [0.2, 0.25) is 0 Å². The van der Waals surface area contributed by atoms with Gasteiger partial charge in [-0.1, -0.05) is 18.2 Å². The zero-order chi connectivity index (χ0) is 21.8. The minimum atomic E-state index is -0.156. The maximum Gasteiger partial charge on any atom is 0.255 e. The van der Waals surface area contributed by atoms with Gasteiger partial charge in [0.15, 0.2) is 11.7 Å². The van der Waals surface area contributed by atoms with Crippen molar-refractivity contribution >= 4 is 0 Å². The van der Waals surface area contributed by atoms with Gasteiger partial charge in [0.05, 0.1) is 18.9 Å². The summed E-state index contributed by atoms with van der Waals surface area (Å²) in [5.41, 5.74) is 5.37. The molecule has 0 aliphatic heterocycles. The van der Waals surface area contributed by atoms with E-state index in [0.717, 1.165) is 22.3 Å². The second kappa shape index (κ2) is 9.10. The van der Waals surface area contributed by atoms with Gasteiger partial charge < -0.3 is 14.1 Å². The monoisotopic (exact) mass is 415 g/mol. The third-order valence-electron chi connectivity index (χ3n) is 5.04. The number of benzene rings is 1. The van der Waals surface area contributed by atoms with Crippen LogP contribution in [0.15, 0.2) is 70.4 Å². The molecule has 0 radical (unpaired) electrons. The van der Waals surface area contributed by atoms with Gasteiger partial charge in [-0.15, -0.1) is 0 Å². The summed E-state index contributed by atoms with van der Waals surface area (Å²) in [5, 5.41) is 0. The number of oxazole rings is 1. The minimum Gasteiger partial charge on any atom is -0.440 e. The van der Waals surface area contributed by atoms with Crippen LogP contribution in [0.1, 0.15) is 36.4 Å². The van der Waals surface area contributed by atoms with Crippen molar-refractivity contribution in [1.82, 2.24) is 15.0 Å². The van der Waals surface area contributed by atoms with Crippen molar-refractivity contribution in [1.29, 1.82) is 0 Å². The second-order valence-corrected chi connectivity index (χ2v) is 7.79. The average molecular weight is 415 g/mol. The maximum absolute atomic E-state index is 12.1. The Hall–Kier alpha value is -3.51. The molecule has 0 aliphatic rings. The zero-order valence-electron chi connectivity index (χ0n) is 17.9. The summed E-state index contributed by atoms with van der Waals surface area (Å²) >= 11 is 0. The van der Waals surface area contributed by atoms with Crippen LogP contribution in [0.5, 0.6) is 0 Å². The number of aromatic amines is 1. The Kier molecular flexibility index (Phi) is 6.09. The minimum absolute atomic E-state index is 0.156. The SMILES string of the molecule is Cc1ccc(COC(C)C)cc1Cc1ncc(-c2cncc(-c3ccc[nH]c3=O)c2)o1. The Labute approximate surface area is 181 Å². The molecule has 0 atom stereocenters. The third-order valence-corrected chi connectivity index (χ3v) is 5.04. The Morgan fingerprint density at radius 3 is 2.74 bits per heavy atom. The molecule has 0 spiro atoms. The van der Waals surface area contributed by atoms with Gasteiger partial charge in [-0.05, 0) is 55.7 Å². The van der Waals surface area contributed by atoms with E-state index in [1.165, 1.54) is 5.56 Å². The number of ether oxygens (including phenoxy) is 1. The Morgan fingerprint density at radius 1 is 1.10 bits per heavy atom. The fourth-order valence-electron chi connectivity index (χ4n) is 3.33. The highest BCUT2D eigenvalue weighted by Gasteiger charge is 2.12. The number of aryl methyl sites for hydroxylation is 1. The van der Waals surface area contributed by atoms with Crippen LogP contribution >= 0.6 is 0 Å². The van der Waals surface area contributed by atoms with Crippen molar-refractivity contribution in [3.8, 4) is 22.5 Å². The van der Waals surface area contributed by atoms with Gasteiger partial charge in [0.2, 0.25) is 0 Å². The Bertz CT molecular complexity index is 1240. The molecule has 4 rings (SSSR count). The van der Waals surface area contributed by atoms with E-state index in [1.54, 1.807) is 36.9 Å². The number of pyridine rings is 2. The predicted molar refractivity (Wildman–Crippen MR) is 120 cm³/mol. The predicted octanol–water partition coefficient (Wildman–Crippen LogP) is 4.92.